The third-order valence-corrected chi connectivity index (χ3v) is 5.70. The fraction of sp³-hybridized carbons (Fsp3) is 0.190. The van der Waals surface area contributed by atoms with Gasteiger partial charge in [0.15, 0.2) is 0 Å². The van der Waals surface area contributed by atoms with E-state index in [0.717, 1.165) is 16.8 Å². The lowest BCUT2D eigenvalue weighted by Crippen LogP contribution is -2.30. The summed E-state index contributed by atoms with van der Waals surface area (Å²) in [6, 6.07) is 8.72. The van der Waals surface area contributed by atoms with Crippen molar-refractivity contribution < 1.29 is 9.90 Å². The molecule has 0 saturated heterocycles. The summed E-state index contributed by atoms with van der Waals surface area (Å²) in [6.07, 6.45) is 1.60. The van der Waals surface area contributed by atoms with Crippen LogP contribution in [0.25, 0.3) is 10.9 Å². The highest BCUT2D eigenvalue weighted by atomic mass is 35.5. The van der Waals surface area contributed by atoms with E-state index >= 15 is 0 Å². The molecule has 2 N–H and O–H groups in total. The number of pyridine rings is 2. The minimum absolute atomic E-state index is 0.0802. The topological polar surface area (TPSA) is 84.2 Å². The summed E-state index contributed by atoms with van der Waals surface area (Å²) in [5.41, 5.74) is 1.72. The Hall–Kier alpha value is -2.79. The average molecular weight is 426 g/mol. The van der Waals surface area contributed by atoms with Crippen LogP contribution in [-0.4, -0.2) is 32.9 Å². The molecule has 1 aliphatic heterocycles. The summed E-state index contributed by atoms with van der Waals surface area (Å²) in [7, 11) is 0. The number of aliphatic hydroxyl groups is 1. The van der Waals surface area contributed by atoms with Crippen LogP contribution in [0.15, 0.2) is 46.3 Å². The van der Waals surface area contributed by atoms with Gasteiger partial charge < -0.3 is 15.0 Å². The van der Waals surface area contributed by atoms with Crippen LogP contribution in [-0.2, 0) is 13.1 Å². The smallest absolute Gasteiger partial charge is 0.257 e. The largest absolute Gasteiger partial charge is 0.384 e. The third kappa shape index (κ3) is 4.01. The number of nitrogens with zero attached hydrogens (tertiary/aromatic N) is 2. The van der Waals surface area contributed by atoms with E-state index in [0.29, 0.717) is 27.7 Å². The van der Waals surface area contributed by atoms with Crippen molar-refractivity contribution in [2.75, 3.05) is 12.4 Å². The van der Waals surface area contributed by atoms with Crippen LogP contribution in [0.2, 0.25) is 5.02 Å². The molecule has 8 heteroatoms. The summed E-state index contributed by atoms with van der Waals surface area (Å²) < 4.78 is 1.90. The molecular formula is C21H16ClN3O3S. The van der Waals surface area contributed by atoms with Gasteiger partial charge in [0.2, 0.25) is 5.43 Å². The van der Waals surface area contributed by atoms with Crippen LogP contribution in [0.4, 0.5) is 0 Å². The van der Waals surface area contributed by atoms with E-state index in [1.807, 2.05) is 16.7 Å². The highest BCUT2D eigenvalue weighted by Crippen LogP contribution is 2.30. The molecule has 4 rings (SSSR count). The molecule has 6 nitrogen and oxygen atoms in total. The molecule has 146 valence electrons. The Balaban J connectivity index is 1.73. The van der Waals surface area contributed by atoms with Crippen molar-refractivity contribution in [1.29, 1.82) is 0 Å². The van der Waals surface area contributed by atoms with Crippen LogP contribution in [0, 0.1) is 11.8 Å². The van der Waals surface area contributed by atoms with Gasteiger partial charge in [0.25, 0.3) is 5.91 Å². The van der Waals surface area contributed by atoms with Gasteiger partial charge in [-0.05, 0) is 29.7 Å². The van der Waals surface area contributed by atoms with Gasteiger partial charge in [-0.1, -0.05) is 29.7 Å². The number of aliphatic hydroxyl groups excluding tert-OH is 1. The first kappa shape index (κ1) is 19.5. The quantitative estimate of drug-likeness (QED) is 0.630. The number of rotatable bonds is 3. The van der Waals surface area contributed by atoms with Crippen molar-refractivity contribution in [3.63, 3.8) is 0 Å². The van der Waals surface area contributed by atoms with Gasteiger partial charge in [0, 0.05) is 30.1 Å². The predicted octanol–water partition coefficient (Wildman–Crippen LogP) is 2.43. The summed E-state index contributed by atoms with van der Waals surface area (Å²) in [6.45, 7) is 0.674. The predicted molar refractivity (Wildman–Crippen MR) is 113 cm³/mol. The standard InChI is InChI=1S/C21H16ClN3O3S/c22-14-5-3-13(4-6-14)11-23-20(28)17-12-25-7-9-29-21-18(25)16(19(17)27)10-15(24-21)2-1-8-26/h3-6,10,12,26H,7-9,11H2,(H,23,28). The van der Waals surface area contributed by atoms with Gasteiger partial charge in [0.1, 0.15) is 22.9 Å². The van der Waals surface area contributed by atoms with Gasteiger partial charge >= 0.3 is 0 Å². The summed E-state index contributed by atoms with van der Waals surface area (Å²) >= 11 is 7.43. The Morgan fingerprint density at radius 3 is 2.90 bits per heavy atom. The van der Waals surface area contributed by atoms with Gasteiger partial charge in [0.05, 0.1) is 10.9 Å². The number of hydrogen-bond donors (Lipinski definition) is 2. The first-order chi connectivity index (χ1) is 14.1. The first-order valence-corrected chi connectivity index (χ1v) is 10.3. The van der Waals surface area contributed by atoms with Gasteiger partial charge in [-0.2, -0.15) is 0 Å². The zero-order chi connectivity index (χ0) is 20.4. The van der Waals surface area contributed by atoms with E-state index in [2.05, 4.69) is 22.1 Å². The number of halogens is 1. The lowest BCUT2D eigenvalue weighted by molar-refractivity contribution is 0.0949. The highest BCUT2D eigenvalue weighted by Gasteiger charge is 2.21. The monoisotopic (exact) mass is 425 g/mol. The van der Waals surface area contributed by atoms with Crippen LogP contribution in [0.3, 0.4) is 0 Å². The van der Waals surface area contributed by atoms with Gasteiger partial charge in [-0.25, -0.2) is 4.98 Å². The molecule has 0 unspecified atom stereocenters. The highest BCUT2D eigenvalue weighted by molar-refractivity contribution is 7.99. The van der Waals surface area contributed by atoms with Crippen molar-refractivity contribution in [1.82, 2.24) is 14.9 Å². The van der Waals surface area contributed by atoms with Crippen molar-refractivity contribution in [2.24, 2.45) is 0 Å². The molecule has 1 aromatic carbocycles. The fourth-order valence-electron chi connectivity index (χ4n) is 3.14. The van der Waals surface area contributed by atoms with Crippen LogP contribution >= 0.6 is 23.4 Å². The second kappa shape index (κ2) is 8.29. The average Bonchev–Trinajstić information content (AvgIpc) is 2.74. The second-order valence-corrected chi connectivity index (χ2v) is 7.91. The fourth-order valence-corrected chi connectivity index (χ4v) is 4.28. The first-order valence-electron chi connectivity index (χ1n) is 8.90. The number of nitrogens with one attached hydrogen (secondary N) is 1. The van der Waals surface area contributed by atoms with Crippen molar-refractivity contribution in [2.45, 2.75) is 18.1 Å². The molecule has 1 amide bonds. The Morgan fingerprint density at radius 2 is 2.14 bits per heavy atom. The number of amides is 1. The van der Waals surface area contributed by atoms with Crippen LogP contribution < -0.4 is 10.7 Å². The second-order valence-electron chi connectivity index (χ2n) is 6.39. The molecule has 3 aromatic rings. The molecule has 0 bridgehead atoms. The molecule has 1 aliphatic rings. The minimum Gasteiger partial charge on any atom is -0.384 e. The van der Waals surface area contributed by atoms with Crippen LogP contribution in [0.1, 0.15) is 21.6 Å². The maximum Gasteiger partial charge on any atom is 0.257 e. The van der Waals surface area contributed by atoms with Gasteiger partial charge in [-0.15, -0.1) is 11.8 Å². The summed E-state index contributed by atoms with van der Waals surface area (Å²) in [5, 5.41) is 13.5. The zero-order valence-corrected chi connectivity index (χ0v) is 16.8. The van der Waals surface area contributed by atoms with Crippen molar-refractivity contribution >= 4 is 40.2 Å². The Labute approximate surface area is 175 Å². The molecule has 3 heterocycles. The molecule has 0 fully saturated rings. The lowest BCUT2D eigenvalue weighted by atomic mass is 10.1. The van der Waals surface area contributed by atoms with Crippen molar-refractivity contribution in [3.05, 3.63) is 68.6 Å². The molecule has 0 spiro atoms. The van der Waals surface area contributed by atoms with E-state index in [9.17, 15) is 9.59 Å². The molecule has 0 saturated carbocycles. The molecule has 2 aromatic heterocycles. The van der Waals surface area contributed by atoms with Crippen molar-refractivity contribution in [3.8, 4) is 11.8 Å². The molecule has 29 heavy (non-hydrogen) atoms. The molecule has 0 radical (unpaired) electrons. The van der Waals surface area contributed by atoms with Gasteiger partial charge in [-0.3, -0.25) is 9.59 Å². The molecule has 0 aliphatic carbocycles. The Bertz CT molecular complexity index is 1230. The van der Waals surface area contributed by atoms with E-state index in [4.69, 9.17) is 16.7 Å². The molecular weight excluding hydrogens is 410 g/mol. The maximum atomic E-state index is 13.1. The number of benzene rings is 1. The zero-order valence-electron chi connectivity index (χ0n) is 15.2. The Kier molecular flexibility index (Phi) is 5.58. The molecule has 0 atom stereocenters. The lowest BCUT2D eigenvalue weighted by Gasteiger charge is -2.20. The number of hydrogen-bond acceptors (Lipinski definition) is 5. The van der Waals surface area contributed by atoms with E-state index in [-0.39, 0.29) is 24.1 Å². The number of carbonyl (C=O) groups is 1. The van der Waals surface area contributed by atoms with E-state index < -0.39 is 5.91 Å². The number of thioether (sulfide) groups is 1. The number of aryl methyl sites for hydroxylation is 1. The summed E-state index contributed by atoms with van der Waals surface area (Å²) in [5.74, 6) is 5.64. The Morgan fingerprint density at radius 1 is 1.34 bits per heavy atom. The number of aromatic nitrogens is 2. The normalized spacial score (nSPS) is 12.3. The van der Waals surface area contributed by atoms with E-state index in [1.54, 1.807) is 36.2 Å². The SMILES string of the molecule is O=C(NCc1ccc(Cl)cc1)c1cn2c3c(nc(C#CCO)cc3c1=O)SCC2. The maximum absolute atomic E-state index is 13.1. The minimum atomic E-state index is -0.435. The summed E-state index contributed by atoms with van der Waals surface area (Å²) in [4.78, 5) is 30.3. The van der Waals surface area contributed by atoms with E-state index in [1.165, 1.54) is 0 Å². The van der Waals surface area contributed by atoms with Crippen LogP contribution in [0.5, 0.6) is 0 Å². The third-order valence-electron chi connectivity index (χ3n) is 4.50. The number of carbonyl (C=O) groups excluding carboxylic acids is 1.